The number of benzene rings is 1. The van der Waals surface area contributed by atoms with Crippen LogP contribution in [0.15, 0.2) is 54.4 Å². The average Bonchev–Trinajstić information content (AvgIpc) is 3.37. The van der Waals surface area contributed by atoms with Crippen LogP contribution in [0, 0.1) is 17.0 Å². The smallest absolute Gasteiger partial charge is 0.284 e. The van der Waals surface area contributed by atoms with Gasteiger partial charge in [-0.05, 0) is 49.7 Å². The van der Waals surface area contributed by atoms with E-state index in [4.69, 9.17) is 8.83 Å². The van der Waals surface area contributed by atoms with E-state index in [2.05, 4.69) is 10.2 Å². The Labute approximate surface area is 176 Å². The maximum Gasteiger partial charge on any atom is 0.284 e. The van der Waals surface area contributed by atoms with Gasteiger partial charge in [0.15, 0.2) is 0 Å². The number of piperidine rings is 1. The van der Waals surface area contributed by atoms with E-state index in [0.717, 1.165) is 37.1 Å². The summed E-state index contributed by atoms with van der Waals surface area (Å²) in [5.74, 6) is 0.837. The number of aryl methyl sites for hydroxylation is 1. The normalized spacial score (nSPS) is 15.4. The van der Waals surface area contributed by atoms with Gasteiger partial charge in [0.25, 0.3) is 16.8 Å². The molecule has 1 saturated heterocycles. The van der Waals surface area contributed by atoms with Gasteiger partial charge in [0, 0.05) is 19.2 Å². The van der Waals surface area contributed by atoms with Gasteiger partial charge in [0.05, 0.1) is 26.5 Å². The van der Waals surface area contributed by atoms with E-state index in [-0.39, 0.29) is 26.6 Å². The predicted molar refractivity (Wildman–Crippen MR) is 107 cm³/mol. The molecule has 0 N–H and O–H groups in total. The highest BCUT2D eigenvalue weighted by Crippen LogP contribution is 2.37. The molecule has 4 rings (SSSR count). The van der Waals surface area contributed by atoms with Crippen molar-refractivity contribution in [2.75, 3.05) is 13.1 Å². The molecule has 0 amide bonds. The van der Waals surface area contributed by atoms with Gasteiger partial charge in [-0.1, -0.05) is 6.42 Å². The monoisotopic (exact) mass is 450 g/mol. The third-order valence-corrected chi connectivity index (χ3v) is 7.57. The van der Waals surface area contributed by atoms with Crippen LogP contribution in [-0.2, 0) is 10.0 Å². The van der Waals surface area contributed by atoms with E-state index in [1.54, 1.807) is 13.0 Å². The fourth-order valence-electron chi connectivity index (χ4n) is 3.20. The largest absolute Gasteiger partial charge is 0.469 e. The Hall–Kier alpha value is -2.70. The zero-order valence-electron chi connectivity index (χ0n) is 16.0. The van der Waals surface area contributed by atoms with Gasteiger partial charge < -0.3 is 8.83 Å². The second-order valence-corrected chi connectivity index (χ2v) is 9.65. The molecule has 0 spiro atoms. The quantitative estimate of drug-likeness (QED) is 0.405. The summed E-state index contributed by atoms with van der Waals surface area (Å²) < 4.78 is 37.8. The molecule has 0 radical (unpaired) electrons. The van der Waals surface area contributed by atoms with E-state index in [9.17, 15) is 18.5 Å². The van der Waals surface area contributed by atoms with Crippen LogP contribution in [0.2, 0.25) is 0 Å². The lowest BCUT2D eigenvalue weighted by molar-refractivity contribution is -0.388. The van der Waals surface area contributed by atoms with Crippen molar-refractivity contribution in [2.24, 2.45) is 0 Å². The van der Waals surface area contributed by atoms with Crippen molar-refractivity contribution in [1.29, 1.82) is 0 Å². The molecule has 1 aromatic carbocycles. The highest BCUT2D eigenvalue weighted by atomic mass is 32.2. The molecule has 0 unspecified atom stereocenters. The molecule has 0 saturated carbocycles. The molecular formula is C18H18N4O6S2. The SMILES string of the molecule is Cc1occc1-c1nnc(Sc2ccc(S(=O)(=O)N3CCCCC3)cc2[N+](=O)[O-])o1. The molecule has 10 nitrogen and oxygen atoms in total. The minimum absolute atomic E-state index is 0.0966. The summed E-state index contributed by atoms with van der Waals surface area (Å²) in [5, 5.41) is 19.6. The molecule has 1 aliphatic rings. The number of nitro benzene ring substituents is 1. The summed E-state index contributed by atoms with van der Waals surface area (Å²) in [6, 6.07) is 5.53. The fourth-order valence-corrected chi connectivity index (χ4v) is 5.50. The Morgan fingerprint density at radius 3 is 2.60 bits per heavy atom. The van der Waals surface area contributed by atoms with Crippen LogP contribution in [0.1, 0.15) is 25.0 Å². The Balaban J connectivity index is 1.62. The van der Waals surface area contributed by atoms with Crippen molar-refractivity contribution >= 4 is 27.5 Å². The number of rotatable bonds is 6. The predicted octanol–water partition coefficient (Wildman–Crippen LogP) is 3.87. The van der Waals surface area contributed by atoms with Crippen LogP contribution in [0.4, 0.5) is 5.69 Å². The fraction of sp³-hybridized carbons (Fsp3) is 0.333. The lowest BCUT2D eigenvalue weighted by Crippen LogP contribution is -2.35. The number of hydrogen-bond acceptors (Lipinski definition) is 9. The van der Waals surface area contributed by atoms with Gasteiger partial charge in [-0.2, -0.15) is 4.31 Å². The second kappa shape index (κ2) is 8.20. The molecule has 158 valence electrons. The number of nitro groups is 1. The van der Waals surface area contributed by atoms with E-state index >= 15 is 0 Å². The molecule has 0 bridgehead atoms. The molecule has 3 aromatic rings. The summed E-state index contributed by atoms with van der Waals surface area (Å²) in [7, 11) is -3.78. The van der Waals surface area contributed by atoms with Crippen LogP contribution >= 0.6 is 11.8 Å². The van der Waals surface area contributed by atoms with E-state index < -0.39 is 14.9 Å². The van der Waals surface area contributed by atoms with Crippen molar-refractivity contribution in [3.63, 3.8) is 0 Å². The highest BCUT2D eigenvalue weighted by molar-refractivity contribution is 7.99. The van der Waals surface area contributed by atoms with Crippen LogP contribution in [0.25, 0.3) is 11.5 Å². The van der Waals surface area contributed by atoms with Crippen LogP contribution in [0.5, 0.6) is 0 Å². The van der Waals surface area contributed by atoms with Gasteiger partial charge >= 0.3 is 0 Å². The van der Waals surface area contributed by atoms with Gasteiger partial charge in [-0.25, -0.2) is 8.42 Å². The van der Waals surface area contributed by atoms with Crippen molar-refractivity contribution in [2.45, 2.75) is 41.2 Å². The first-order valence-electron chi connectivity index (χ1n) is 9.20. The van der Waals surface area contributed by atoms with Crippen LogP contribution in [0.3, 0.4) is 0 Å². The average molecular weight is 450 g/mol. The molecular weight excluding hydrogens is 432 g/mol. The molecule has 2 aromatic heterocycles. The third-order valence-electron chi connectivity index (χ3n) is 4.77. The number of nitrogens with zero attached hydrogens (tertiary/aromatic N) is 4. The summed E-state index contributed by atoms with van der Waals surface area (Å²) in [4.78, 5) is 11.1. The zero-order valence-corrected chi connectivity index (χ0v) is 17.6. The number of furan rings is 1. The van der Waals surface area contributed by atoms with E-state index in [1.165, 1.54) is 22.7 Å². The molecule has 0 aliphatic carbocycles. The van der Waals surface area contributed by atoms with Crippen molar-refractivity contribution in [3.05, 3.63) is 46.4 Å². The lowest BCUT2D eigenvalue weighted by Gasteiger charge is -2.25. The first-order valence-corrected chi connectivity index (χ1v) is 11.5. The Morgan fingerprint density at radius 1 is 1.17 bits per heavy atom. The molecule has 0 atom stereocenters. The van der Waals surface area contributed by atoms with Crippen LogP contribution < -0.4 is 0 Å². The first-order chi connectivity index (χ1) is 14.4. The highest BCUT2D eigenvalue weighted by Gasteiger charge is 2.29. The first kappa shape index (κ1) is 20.6. The Kier molecular flexibility index (Phi) is 5.62. The third kappa shape index (κ3) is 3.98. The Morgan fingerprint density at radius 2 is 1.93 bits per heavy atom. The van der Waals surface area contributed by atoms with Crippen molar-refractivity contribution in [3.8, 4) is 11.5 Å². The summed E-state index contributed by atoms with van der Waals surface area (Å²) in [6.07, 6.45) is 4.04. The molecule has 1 aliphatic heterocycles. The lowest BCUT2D eigenvalue weighted by atomic mass is 10.2. The molecule has 30 heavy (non-hydrogen) atoms. The second-order valence-electron chi connectivity index (χ2n) is 6.72. The van der Waals surface area contributed by atoms with Crippen molar-refractivity contribution < 1.29 is 22.2 Å². The minimum atomic E-state index is -3.78. The van der Waals surface area contributed by atoms with E-state index in [1.807, 2.05) is 0 Å². The van der Waals surface area contributed by atoms with Gasteiger partial charge in [0.1, 0.15) is 5.76 Å². The minimum Gasteiger partial charge on any atom is -0.469 e. The maximum absolute atomic E-state index is 12.8. The summed E-state index contributed by atoms with van der Waals surface area (Å²) in [6.45, 7) is 2.59. The number of hydrogen-bond donors (Lipinski definition) is 0. The topological polar surface area (TPSA) is 133 Å². The molecule has 3 heterocycles. The molecule has 12 heteroatoms. The van der Waals surface area contributed by atoms with Gasteiger partial charge in [-0.3, -0.25) is 10.1 Å². The summed E-state index contributed by atoms with van der Waals surface area (Å²) >= 11 is 0.900. The Bertz CT molecular complexity index is 1180. The number of aromatic nitrogens is 2. The van der Waals surface area contributed by atoms with Gasteiger partial charge in [0.2, 0.25) is 10.0 Å². The standard InChI is InChI=1S/C18H18N4O6S2/c1-12-14(7-10-27-12)17-19-20-18(28-17)29-16-6-5-13(11-15(16)22(23)24)30(25,26)21-8-3-2-4-9-21/h5-7,10-11H,2-4,8-9H2,1H3. The van der Waals surface area contributed by atoms with Crippen LogP contribution in [-0.4, -0.2) is 40.9 Å². The number of sulfonamides is 1. The zero-order chi connectivity index (χ0) is 21.3. The summed E-state index contributed by atoms with van der Waals surface area (Å²) in [5.41, 5.74) is 0.296. The molecule has 1 fully saturated rings. The van der Waals surface area contributed by atoms with E-state index in [0.29, 0.717) is 24.4 Å². The van der Waals surface area contributed by atoms with Gasteiger partial charge in [-0.15, -0.1) is 10.2 Å². The maximum atomic E-state index is 12.8. The van der Waals surface area contributed by atoms with Crippen molar-refractivity contribution in [1.82, 2.24) is 14.5 Å².